The fourth-order valence-electron chi connectivity index (χ4n) is 3.75. The van der Waals surface area contributed by atoms with E-state index in [0.29, 0.717) is 11.3 Å². The maximum Gasteiger partial charge on any atom is 0.416 e. The molecule has 2 heterocycles. The molecule has 0 amide bonds. The van der Waals surface area contributed by atoms with Gasteiger partial charge in [0.05, 0.1) is 11.1 Å². The van der Waals surface area contributed by atoms with Crippen molar-refractivity contribution in [3.05, 3.63) is 65.4 Å². The van der Waals surface area contributed by atoms with E-state index < -0.39 is 11.7 Å². The maximum atomic E-state index is 13.3. The lowest BCUT2D eigenvalue weighted by atomic mass is 10.0. The SMILES string of the molecule is Cc1cccc(C(F)(F)F)c1COc1ccc2c(N3CCCC3)ccnc2c1. The Morgan fingerprint density at radius 1 is 1.07 bits per heavy atom. The first-order chi connectivity index (χ1) is 13.4. The molecule has 28 heavy (non-hydrogen) atoms. The second kappa shape index (κ2) is 7.34. The van der Waals surface area contributed by atoms with E-state index in [1.807, 2.05) is 12.1 Å². The van der Waals surface area contributed by atoms with E-state index in [0.717, 1.165) is 35.7 Å². The number of halogens is 3. The summed E-state index contributed by atoms with van der Waals surface area (Å²) in [6.45, 7) is 3.59. The molecule has 0 spiro atoms. The summed E-state index contributed by atoms with van der Waals surface area (Å²) in [4.78, 5) is 6.76. The first kappa shape index (κ1) is 18.6. The molecule has 0 saturated carbocycles. The molecule has 3 nitrogen and oxygen atoms in total. The van der Waals surface area contributed by atoms with Crippen molar-refractivity contribution in [3.8, 4) is 5.75 Å². The number of rotatable bonds is 4. The van der Waals surface area contributed by atoms with E-state index in [1.165, 1.54) is 18.9 Å². The number of hydrogen-bond acceptors (Lipinski definition) is 3. The van der Waals surface area contributed by atoms with Gasteiger partial charge in [0.15, 0.2) is 0 Å². The van der Waals surface area contributed by atoms with Gasteiger partial charge >= 0.3 is 6.18 Å². The Morgan fingerprint density at radius 3 is 2.61 bits per heavy atom. The fraction of sp³-hybridized carbons (Fsp3) is 0.318. The number of aromatic nitrogens is 1. The van der Waals surface area contributed by atoms with Crippen molar-refractivity contribution in [2.75, 3.05) is 18.0 Å². The van der Waals surface area contributed by atoms with Gasteiger partial charge in [-0.3, -0.25) is 4.98 Å². The van der Waals surface area contributed by atoms with Crippen LogP contribution >= 0.6 is 0 Å². The van der Waals surface area contributed by atoms with Crippen LogP contribution in [0.5, 0.6) is 5.75 Å². The zero-order valence-electron chi connectivity index (χ0n) is 15.6. The summed E-state index contributed by atoms with van der Waals surface area (Å²) < 4.78 is 45.6. The van der Waals surface area contributed by atoms with Crippen molar-refractivity contribution in [2.45, 2.75) is 32.5 Å². The fourth-order valence-corrected chi connectivity index (χ4v) is 3.75. The Labute approximate surface area is 161 Å². The molecule has 6 heteroatoms. The van der Waals surface area contributed by atoms with Crippen LogP contribution in [0.1, 0.15) is 29.5 Å². The highest BCUT2D eigenvalue weighted by Gasteiger charge is 2.33. The van der Waals surface area contributed by atoms with Gasteiger partial charge in [0.25, 0.3) is 0 Å². The number of hydrogen-bond donors (Lipinski definition) is 0. The molecule has 1 fully saturated rings. The predicted octanol–water partition coefficient (Wildman–Crippen LogP) is 5.74. The zero-order chi connectivity index (χ0) is 19.7. The number of nitrogens with zero attached hydrogens (tertiary/aromatic N) is 2. The summed E-state index contributed by atoms with van der Waals surface area (Å²) in [5, 5.41) is 1.03. The smallest absolute Gasteiger partial charge is 0.416 e. The van der Waals surface area contributed by atoms with E-state index in [9.17, 15) is 13.2 Å². The minimum atomic E-state index is -4.40. The molecule has 0 bridgehead atoms. The molecule has 1 aliphatic rings. The number of fused-ring (bicyclic) bond motifs is 1. The second-order valence-corrected chi connectivity index (χ2v) is 7.09. The lowest BCUT2D eigenvalue weighted by molar-refractivity contribution is -0.138. The van der Waals surface area contributed by atoms with Crippen molar-refractivity contribution in [1.29, 1.82) is 0 Å². The van der Waals surface area contributed by atoms with Gasteiger partial charge in [0.1, 0.15) is 12.4 Å². The molecule has 1 aliphatic heterocycles. The lowest BCUT2D eigenvalue weighted by Crippen LogP contribution is -2.17. The number of benzene rings is 2. The Hall–Kier alpha value is -2.76. The molecule has 4 rings (SSSR count). The molecular formula is C22H21F3N2O. The maximum absolute atomic E-state index is 13.3. The predicted molar refractivity (Wildman–Crippen MR) is 104 cm³/mol. The van der Waals surface area contributed by atoms with Crippen LogP contribution in [0, 0.1) is 6.92 Å². The van der Waals surface area contributed by atoms with Crippen molar-refractivity contribution in [1.82, 2.24) is 4.98 Å². The van der Waals surface area contributed by atoms with Gasteiger partial charge in [-0.05, 0) is 49.6 Å². The van der Waals surface area contributed by atoms with Crippen LogP contribution in [0.25, 0.3) is 10.9 Å². The summed E-state index contributed by atoms with van der Waals surface area (Å²) in [5.41, 5.74) is 2.00. The van der Waals surface area contributed by atoms with Crippen molar-refractivity contribution in [3.63, 3.8) is 0 Å². The first-order valence-electron chi connectivity index (χ1n) is 9.36. The summed E-state index contributed by atoms with van der Waals surface area (Å²) >= 11 is 0. The molecular weight excluding hydrogens is 365 g/mol. The van der Waals surface area contributed by atoms with Crippen LogP contribution < -0.4 is 9.64 Å². The Kier molecular flexibility index (Phi) is 4.87. The van der Waals surface area contributed by atoms with Crippen molar-refractivity contribution >= 4 is 16.6 Å². The van der Waals surface area contributed by atoms with E-state index in [1.54, 1.807) is 31.3 Å². The molecule has 1 saturated heterocycles. The molecule has 3 aromatic rings. The number of aryl methyl sites for hydroxylation is 1. The third-order valence-electron chi connectivity index (χ3n) is 5.24. The Bertz CT molecular complexity index is 995. The number of ether oxygens (including phenoxy) is 1. The normalized spacial score (nSPS) is 14.6. The zero-order valence-corrected chi connectivity index (χ0v) is 15.6. The molecule has 2 aromatic carbocycles. The van der Waals surface area contributed by atoms with Gasteiger partial charge in [-0.25, -0.2) is 0 Å². The van der Waals surface area contributed by atoms with E-state index in [-0.39, 0.29) is 12.2 Å². The van der Waals surface area contributed by atoms with Gasteiger partial charge < -0.3 is 9.64 Å². The van der Waals surface area contributed by atoms with Gasteiger partial charge in [-0.1, -0.05) is 12.1 Å². The van der Waals surface area contributed by atoms with Crippen LogP contribution in [0.4, 0.5) is 18.9 Å². The molecule has 0 aliphatic carbocycles. The molecule has 146 valence electrons. The molecule has 0 unspecified atom stereocenters. The highest BCUT2D eigenvalue weighted by molar-refractivity contribution is 5.92. The standard InChI is InChI=1S/C22H21F3N2O/c1-15-5-4-6-19(22(23,24)25)18(15)14-28-16-7-8-17-20(13-16)26-10-9-21(17)27-11-2-3-12-27/h4-10,13H,2-3,11-12,14H2,1H3. The molecule has 0 N–H and O–H groups in total. The largest absolute Gasteiger partial charge is 0.489 e. The van der Waals surface area contributed by atoms with Gasteiger partial charge in [0.2, 0.25) is 0 Å². The van der Waals surface area contributed by atoms with Gasteiger partial charge in [-0.2, -0.15) is 13.2 Å². The average Bonchev–Trinajstić information content (AvgIpc) is 3.20. The van der Waals surface area contributed by atoms with Crippen molar-refractivity contribution < 1.29 is 17.9 Å². The summed E-state index contributed by atoms with van der Waals surface area (Å²) in [6, 6.07) is 11.7. The second-order valence-electron chi connectivity index (χ2n) is 7.09. The average molecular weight is 386 g/mol. The highest BCUT2D eigenvalue weighted by Crippen LogP contribution is 2.34. The number of anilines is 1. The molecule has 0 radical (unpaired) electrons. The summed E-state index contributed by atoms with van der Waals surface area (Å²) in [6.07, 6.45) is -0.269. The van der Waals surface area contributed by atoms with E-state index >= 15 is 0 Å². The van der Waals surface area contributed by atoms with Crippen molar-refractivity contribution in [2.24, 2.45) is 0 Å². The molecule has 1 aromatic heterocycles. The molecule has 0 atom stereocenters. The van der Waals surface area contributed by atoms with Crippen LogP contribution in [-0.2, 0) is 12.8 Å². The first-order valence-corrected chi connectivity index (χ1v) is 9.36. The monoisotopic (exact) mass is 386 g/mol. The van der Waals surface area contributed by atoms with Gasteiger partial charge in [0, 0.05) is 42.0 Å². The topological polar surface area (TPSA) is 25.4 Å². The van der Waals surface area contributed by atoms with Crippen LogP contribution in [0.2, 0.25) is 0 Å². The Balaban J connectivity index is 1.60. The van der Waals surface area contributed by atoms with Crippen LogP contribution in [0.15, 0.2) is 48.7 Å². The van der Waals surface area contributed by atoms with E-state index in [2.05, 4.69) is 9.88 Å². The highest BCUT2D eigenvalue weighted by atomic mass is 19.4. The third-order valence-corrected chi connectivity index (χ3v) is 5.24. The quantitative estimate of drug-likeness (QED) is 0.572. The minimum Gasteiger partial charge on any atom is -0.489 e. The summed E-state index contributed by atoms with van der Waals surface area (Å²) in [5.74, 6) is 0.509. The lowest BCUT2D eigenvalue weighted by Gasteiger charge is -2.20. The third kappa shape index (κ3) is 3.63. The number of pyridine rings is 1. The summed E-state index contributed by atoms with van der Waals surface area (Å²) in [7, 11) is 0. The number of alkyl halides is 3. The minimum absolute atomic E-state index is 0.140. The van der Waals surface area contributed by atoms with Crippen LogP contribution in [-0.4, -0.2) is 18.1 Å². The Morgan fingerprint density at radius 2 is 1.86 bits per heavy atom. The van der Waals surface area contributed by atoms with E-state index in [4.69, 9.17) is 4.74 Å². The van der Waals surface area contributed by atoms with Crippen LogP contribution in [0.3, 0.4) is 0 Å². The van der Waals surface area contributed by atoms with Gasteiger partial charge in [-0.15, -0.1) is 0 Å².